The number of Topliss-reactive ketones (excluding diaryl/α,β-unsaturated/α-hetero) is 1. The highest BCUT2D eigenvalue weighted by Crippen LogP contribution is 2.39. The number of hydrogen-bond acceptors (Lipinski definition) is 3. The van der Waals surface area contributed by atoms with E-state index in [9.17, 15) is 15.0 Å². The number of aliphatic hydroxyl groups excluding tert-OH is 2. The Hall–Kier alpha value is -0.930. The Balaban J connectivity index is 2.31. The molecule has 3 heteroatoms. The summed E-state index contributed by atoms with van der Waals surface area (Å²) >= 11 is 0. The number of carbonyl (C=O) groups excluding carboxylic acids is 1. The predicted octanol–water partition coefficient (Wildman–Crippen LogP) is 1.50. The van der Waals surface area contributed by atoms with Gasteiger partial charge in [0.05, 0.1) is 6.10 Å². The van der Waals surface area contributed by atoms with Crippen molar-refractivity contribution in [2.75, 3.05) is 0 Å². The summed E-state index contributed by atoms with van der Waals surface area (Å²) in [5, 5.41) is 19.4. The molecule has 0 saturated heterocycles. The van der Waals surface area contributed by atoms with Crippen LogP contribution in [-0.4, -0.2) is 28.2 Å². The topological polar surface area (TPSA) is 57.5 Å². The molecule has 0 aromatic rings. The average molecular weight is 222 g/mol. The van der Waals surface area contributed by atoms with Gasteiger partial charge in [-0.05, 0) is 30.4 Å². The van der Waals surface area contributed by atoms with Crippen LogP contribution in [0.5, 0.6) is 0 Å². The van der Waals surface area contributed by atoms with Crippen molar-refractivity contribution in [3.05, 3.63) is 22.8 Å². The zero-order valence-corrected chi connectivity index (χ0v) is 9.57. The van der Waals surface area contributed by atoms with Crippen LogP contribution in [-0.2, 0) is 4.79 Å². The summed E-state index contributed by atoms with van der Waals surface area (Å²) in [6, 6.07) is 0. The minimum atomic E-state index is -0.969. The van der Waals surface area contributed by atoms with Gasteiger partial charge in [0, 0.05) is 12.0 Å². The minimum absolute atomic E-state index is 0.0106. The van der Waals surface area contributed by atoms with Gasteiger partial charge in [0.25, 0.3) is 0 Å². The maximum atomic E-state index is 11.8. The Morgan fingerprint density at radius 3 is 2.88 bits per heavy atom. The number of carbonyl (C=O) groups is 1. The maximum Gasteiger partial charge on any atom is 0.166 e. The Bertz CT molecular complexity index is 365. The number of hydrogen-bond donors (Lipinski definition) is 2. The van der Waals surface area contributed by atoms with Gasteiger partial charge in [-0.3, -0.25) is 4.79 Å². The van der Waals surface area contributed by atoms with E-state index in [-0.39, 0.29) is 5.78 Å². The Labute approximate surface area is 95.5 Å². The standard InChI is InChI=1S/C13H18O3/c1-2-3-4-8-7-11(15)12-9(8)5-6-10(14)13(12)16/h4,10,13-14,16H,2-3,5-7H2,1H3. The lowest BCUT2D eigenvalue weighted by Gasteiger charge is -2.24. The molecule has 2 unspecified atom stereocenters. The van der Waals surface area contributed by atoms with Crippen LogP contribution < -0.4 is 0 Å². The third-order valence-corrected chi connectivity index (χ3v) is 3.39. The lowest BCUT2D eigenvalue weighted by molar-refractivity contribution is -0.116. The van der Waals surface area contributed by atoms with Gasteiger partial charge in [-0.2, -0.15) is 0 Å². The SMILES string of the molecule is CCCC=C1CC(=O)C2=C1CCC(O)C2O. The molecule has 0 saturated carbocycles. The lowest BCUT2D eigenvalue weighted by Crippen LogP contribution is -2.33. The van der Waals surface area contributed by atoms with Gasteiger partial charge in [0.1, 0.15) is 6.10 Å². The molecule has 2 atom stereocenters. The molecule has 16 heavy (non-hydrogen) atoms. The molecule has 0 fully saturated rings. The van der Waals surface area contributed by atoms with Crippen LogP contribution in [0.15, 0.2) is 22.8 Å². The maximum absolute atomic E-state index is 11.8. The van der Waals surface area contributed by atoms with Crippen LogP contribution in [0, 0.1) is 0 Å². The number of allylic oxidation sites excluding steroid dienone is 3. The molecule has 2 aliphatic carbocycles. The molecular formula is C13H18O3. The lowest BCUT2D eigenvalue weighted by atomic mass is 9.87. The fourth-order valence-electron chi connectivity index (χ4n) is 2.51. The summed E-state index contributed by atoms with van der Waals surface area (Å²) in [4.78, 5) is 11.8. The molecule has 2 aliphatic rings. The second-order valence-corrected chi connectivity index (χ2v) is 4.56. The third-order valence-electron chi connectivity index (χ3n) is 3.39. The Kier molecular flexibility index (Phi) is 3.26. The molecular weight excluding hydrogens is 204 g/mol. The highest BCUT2D eigenvalue weighted by atomic mass is 16.3. The molecule has 3 nitrogen and oxygen atoms in total. The first-order valence-corrected chi connectivity index (χ1v) is 5.97. The van der Waals surface area contributed by atoms with Gasteiger partial charge < -0.3 is 10.2 Å². The van der Waals surface area contributed by atoms with E-state index in [1.54, 1.807) is 0 Å². The van der Waals surface area contributed by atoms with E-state index in [1.165, 1.54) is 0 Å². The first-order valence-electron chi connectivity index (χ1n) is 5.97. The van der Waals surface area contributed by atoms with Crippen molar-refractivity contribution in [2.45, 2.75) is 51.2 Å². The summed E-state index contributed by atoms with van der Waals surface area (Å²) < 4.78 is 0. The molecule has 0 heterocycles. The summed E-state index contributed by atoms with van der Waals surface area (Å²) in [7, 11) is 0. The van der Waals surface area contributed by atoms with Crippen LogP contribution in [0.1, 0.15) is 39.0 Å². The highest BCUT2D eigenvalue weighted by Gasteiger charge is 2.38. The number of ketones is 1. The summed E-state index contributed by atoms with van der Waals surface area (Å²) in [5.74, 6) is -0.0106. The van der Waals surface area contributed by atoms with Crippen LogP contribution in [0.3, 0.4) is 0 Å². The number of aliphatic hydroxyl groups is 2. The van der Waals surface area contributed by atoms with Gasteiger partial charge in [0.2, 0.25) is 0 Å². The van der Waals surface area contributed by atoms with Crippen LogP contribution in [0.4, 0.5) is 0 Å². The number of unbranched alkanes of at least 4 members (excludes halogenated alkanes) is 1. The zero-order valence-electron chi connectivity index (χ0n) is 9.57. The van der Waals surface area contributed by atoms with E-state index in [4.69, 9.17) is 0 Å². The number of rotatable bonds is 2. The first kappa shape index (κ1) is 11.6. The molecule has 2 N–H and O–H groups in total. The molecule has 0 radical (unpaired) electrons. The summed E-state index contributed by atoms with van der Waals surface area (Å²) in [6.07, 6.45) is 4.07. The summed E-state index contributed by atoms with van der Waals surface area (Å²) in [6.45, 7) is 2.10. The molecule has 0 amide bonds. The molecule has 0 aliphatic heterocycles. The van der Waals surface area contributed by atoms with Crippen LogP contribution in [0.25, 0.3) is 0 Å². The first-order chi connectivity index (χ1) is 7.65. The molecule has 0 aromatic heterocycles. The van der Waals surface area contributed by atoms with E-state index in [2.05, 4.69) is 13.0 Å². The van der Waals surface area contributed by atoms with E-state index in [0.717, 1.165) is 30.4 Å². The van der Waals surface area contributed by atoms with E-state index >= 15 is 0 Å². The quantitative estimate of drug-likeness (QED) is 0.744. The van der Waals surface area contributed by atoms with Gasteiger partial charge >= 0.3 is 0 Å². The van der Waals surface area contributed by atoms with Crippen molar-refractivity contribution in [1.29, 1.82) is 0 Å². The molecule has 0 spiro atoms. The van der Waals surface area contributed by atoms with Gasteiger partial charge in [-0.15, -0.1) is 0 Å². The van der Waals surface area contributed by atoms with E-state index in [1.807, 2.05) is 0 Å². The fourth-order valence-corrected chi connectivity index (χ4v) is 2.51. The Morgan fingerprint density at radius 1 is 1.44 bits per heavy atom. The molecule has 0 aromatic carbocycles. The summed E-state index contributed by atoms with van der Waals surface area (Å²) in [5.41, 5.74) is 2.55. The van der Waals surface area contributed by atoms with E-state index < -0.39 is 12.2 Å². The average Bonchev–Trinajstić information content (AvgIpc) is 2.58. The monoisotopic (exact) mass is 222 g/mol. The smallest absolute Gasteiger partial charge is 0.166 e. The van der Waals surface area contributed by atoms with Crippen LogP contribution in [0.2, 0.25) is 0 Å². The van der Waals surface area contributed by atoms with Gasteiger partial charge in [-0.25, -0.2) is 0 Å². The zero-order chi connectivity index (χ0) is 11.7. The predicted molar refractivity (Wildman–Crippen MR) is 60.9 cm³/mol. The van der Waals surface area contributed by atoms with E-state index in [0.29, 0.717) is 18.4 Å². The van der Waals surface area contributed by atoms with Crippen molar-refractivity contribution in [3.63, 3.8) is 0 Å². The molecule has 2 rings (SSSR count). The second kappa shape index (κ2) is 4.52. The largest absolute Gasteiger partial charge is 0.390 e. The highest BCUT2D eigenvalue weighted by molar-refractivity contribution is 6.03. The van der Waals surface area contributed by atoms with Crippen molar-refractivity contribution >= 4 is 5.78 Å². The third kappa shape index (κ3) is 1.85. The van der Waals surface area contributed by atoms with Crippen molar-refractivity contribution < 1.29 is 15.0 Å². The Morgan fingerprint density at radius 2 is 2.19 bits per heavy atom. The normalized spacial score (nSPS) is 32.4. The van der Waals surface area contributed by atoms with Crippen molar-refractivity contribution in [1.82, 2.24) is 0 Å². The minimum Gasteiger partial charge on any atom is -0.390 e. The molecule has 88 valence electrons. The van der Waals surface area contributed by atoms with Gasteiger partial charge in [0.15, 0.2) is 5.78 Å². The van der Waals surface area contributed by atoms with Crippen LogP contribution >= 0.6 is 0 Å². The van der Waals surface area contributed by atoms with Crippen molar-refractivity contribution in [2.24, 2.45) is 0 Å². The second-order valence-electron chi connectivity index (χ2n) is 4.56. The van der Waals surface area contributed by atoms with Crippen molar-refractivity contribution in [3.8, 4) is 0 Å². The fraction of sp³-hybridized carbons (Fsp3) is 0.615. The molecule has 0 bridgehead atoms. The van der Waals surface area contributed by atoms with Gasteiger partial charge in [-0.1, -0.05) is 19.4 Å².